The molecule has 0 saturated carbocycles. The molecule has 1 aliphatic carbocycles. The van der Waals surface area contributed by atoms with Crippen LogP contribution in [0.3, 0.4) is 0 Å². The van der Waals surface area contributed by atoms with Gasteiger partial charge in [0.2, 0.25) is 0 Å². The van der Waals surface area contributed by atoms with Crippen molar-refractivity contribution in [3.05, 3.63) is 107 Å². The highest BCUT2D eigenvalue weighted by Gasteiger charge is 2.29. The lowest BCUT2D eigenvalue weighted by molar-refractivity contribution is -0.136. The molecule has 6 heteroatoms. The lowest BCUT2D eigenvalue weighted by atomic mass is 9.98. The molecule has 0 aliphatic heterocycles. The Labute approximate surface area is 191 Å². The van der Waals surface area contributed by atoms with Crippen LogP contribution in [0.15, 0.2) is 90.8 Å². The summed E-state index contributed by atoms with van der Waals surface area (Å²) >= 11 is 0. The molecule has 0 bridgehead atoms. The van der Waals surface area contributed by atoms with Crippen molar-refractivity contribution in [1.29, 1.82) is 0 Å². The maximum atomic E-state index is 14.7. The van der Waals surface area contributed by atoms with Crippen LogP contribution in [0, 0.1) is 0 Å². The normalized spacial score (nSPS) is 13.7. The van der Waals surface area contributed by atoms with Crippen molar-refractivity contribution in [2.24, 2.45) is 0 Å². The van der Waals surface area contributed by atoms with Crippen LogP contribution in [0.5, 0.6) is 0 Å². The van der Waals surface area contributed by atoms with E-state index in [0.29, 0.717) is 0 Å². The second kappa shape index (κ2) is 10.1. The van der Waals surface area contributed by atoms with Crippen LogP contribution in [-0.2, 0) is 16.0 Å². The fourth-order valence-corrected chi connectivity index (χ4v) is 4.18. The highest BCUT2D eigenvalue weighted by molar-refractivity contribution is 5.79. The minimum Gasteiger partial charge on any atom is -0.481 e. The fourth-order valence-electron chi connectivity index (χ4n) is 4.18. The van der Waals surface area contributed by atoms with Crippen LogP contribution < -0.4 is 5.32 Å². The number of nitrogens with one attached hydrogen (secondary N) is 1. The Morgan fingerprint density at radius 3 is 2.12 bits per heavy atom. The van der Waals surface area contributed by atoms with E-state index in [1.807, 2.05) is 78.9 Å². The van der Waals surface area contributed by atoms with Gasteiger partial charge in [-0.05, 0) is 40.3 Å². The van der Waals surface area contributed by atoms with Crippen molar-refractivity contribution < 1.29 is 23.8 Å². The molecular weight excluding hydrogens is 421 g/mol. The summed E-state index contributed by atoms with van der Waals surface area (Å²) < 4.78 is 20.3. The molecule has 1 atom stereocenters. The first kappa shape index (κ1) is 22.3. The summed E-state index contributed by atoms with van der Waals surface area (Å²) in [6.45, 7) is 0.110. The first-order valence-electron chi connectivity index (χ1n) is 10.8. The van der Waals surface area contributed by atoms with E-state index in [2.05, 4.69) is 5.32 Å². The summed E-state index contributed by atoms with van der Waals surface area (Å²) in [6, 6.07) is 24.1. The smallest absolute Gasteiger partial charge is 0.407 e. The summed E-state index contributed by atoms with van der Waals surface area (Å²) in [7, 11) is 0. The molecule has 0 spiro atoms. The van der Waals surface area contributed by atoms with Gasteiger partial charge in [0.05, 0.1) is 12.5 Å². The number of hydrogen-bond acceptors (Lipinski definition) is 3. The van der Waals surface area contributed by atoms with E-state index in [9.17, 15) is 14.0 Å². The molecule has 4 rings (SSSR count). The maximum absolute atomic E-state index is 14.7. The Hall–Kier alpha value is -3.93. The first-order chi connectivity index (χ1) is 16.0. The molecule has 0 heterocycles. The maximum Gasteiger partial charge on any atom is 0.407 e. The number of halogens is 1. The molecule has 1 aliphatic rings. The predicted molar refractivity (Wildman–Crippen MR) is 124 cm³/mol. The largest absolute Gasteiger partial charge is 0.481 e. The van der Waals surface area contributed by atoms with E-state index in [4.69, 9.17) is 9.84 Å². The predicted octanol–water partition coefficient (Wildman–Crippen LogP) is 5.46. The Balaban J connectivity index is 1.46. The van der Waals surface area contributed by atoms with E-state index in [0.717, 1.165) is 33.9 Å². The molecule has 0 aromatic heterocycles. The number of carboxylic acid groups (broad SMARTS) is 1. The molecule has 2 N–H and O–H groups in total. The molecule has 168 valence electrons. The van der Waals surface area contributed by atoms with Crippen molar-refractivity contribution in [3.8, 4) is 11.1 Å². The van der Waals surface area contributed by atoms with Gasteiger partial charge in [-0.1, -0.05) is 78.9 Å². The van der Waals surface area contributed by atoms with E-state index in [-0.39, 0.29) is 18.9 Å². The van der Waals surface area contributed by atoms with Crippen LogP contribution in [0.25, 0.3) is 11.1 Å². The minimum atomic E-state index is -1.15. The number of fused-ring (bicyclic) bond motifs is 3. The van der Waals surface area contributed by atoms with E-state index in [1.165, 1.54) is 0 Å². The van der Waals surface area contributed by atoms with E-state index < -0.39 is 30.4 Å². The molecule has 0 saturated heterocycles. The van der Waals surface area contributed by atoms with Gasteiger partial charge in [0.1, 0.15) is 12.4 Å². The average molecular weight is 445 g/mol. The van der Waals surface area contributed by atoms with Crippen LogP contribution in [0.2, 0.25) is 0 Å². The van der Waals surface area contributed by atoms with Gasteiger partial charge in [-0.2, -0.15) is 0 Å². The summed E-state index contributed by atoms with van der Waals surface area (Å²) in [5.41, 5.74) is 5.21. The van der Waals surface area contributed by atoms with Crippen molar-refractivity contribution in [2.75, 3.05) is 6.61 Å². The summed E-state index contributed by atoms with van der Waals surface area (Å²) in [6.07, 6.45) is -0.0763. The Bertz CT molecular complexity index is 1130. The van der Waals surface area contributed by atoms with Crippen LogP contribution in [0.1, 0.15) is 29.0 Å². The Morgan fingerprint density at radius 2 is 1.52 bits per heavy atom. The zero-order valence-electron chi connectivity index (χ0n) is 17.9. The van der Waals surface area contributed by atoms with Crippen LogP contribution in [-0.4, -0.2) is 29.8 Å². The Kier molecular flexibility index (Phi) is 6.83. The monoisotopic (exact) mass is 445 g/mol. The lowest BCUT2D eigenvalue weighted by Gasteiger charge is -2.19. The highest BCUT2D eigenvalue weighted by atomic mass is 19.1. The van der Waals surface area contributed by atoms with Crippen LogP contribution >= 0.6 is 0 Å². The standard InChI is InChI=1S/C27H24FNO4/c28-24(14-15-26(30)31)25(16-18-8-2-1-3-9-18)29-27(32)33-17-23-21-12-6-4-10-19(21)20-11-5-7-13-22(20)23/h1-14,23,25H,15-17H2,(H,29,32)(H,30,31)/b24-14+/t25-/m0/s1. The van der Waals surface area contributed by atoms with Gasteiger partial charge in [-0.15, -0.1) is 0 Å². The van der Waals surface area contributed by atoms with E-state index in [1.54, 1.807) is 0 Å². The van der Waals surface area contributed by atoms with Crippen molar-refractivity contribution in [3.63, 3.8) is 0 Å². The number of carboxylic acids is 1. The first-order valence-corrected chi connectivity index (χ1v) is 10.8. The third-order valence-electron chi connectivity index (χ3n) is 5.72. The molecule has 3 aromatic rings. The highest BCUT2D eigenvalue weighted by Crippen LogP contribution is 2.44. The number of rotatable bonds is 8. The van der Waals surface area contributed by atoms with Gasteiger partial charge >= 0.3 is 12.1 Å². The molecular formula is C27H24FNO4. The van der Waals surface area contributed by atoms with Gasteiger partial charge in [-0.3, -0.25) is 4.79 Å². The van der Waals surface area contributed by atoms with Gasteiger partial charge in [0.25, 0.3) is 0 Å². The quantitative estimate of drug-likeness (QED) is 0.483. The number of carbonyl (C=O) groups is 2. The molecule has 33 heavy (non-hydrogen) atoms. The zero-order valence-corrected chi connectivity index (χ0v) is 17.9. The minimum absolute atomic E-state index is 0.108. The summed E-state index contributed by atoms with van der Waals surface area (Å²) in [5.74, 6) is -1.97. The number of ether oxygens (including phenoxy) is 1. The van der Waals surface area contributed by atoms with Gasteiger partial charge < -0.3 is 15.2 Å². The summed E-state index contributed by atoms with van der Waals surface area (Å²) in [4.78, 5) is 23.5. The number of aliphatic carboxylic acids is 1. The molecule has 0 unspecified atom stereocenters. The molecule has 3 aromatic carbocycles. The van der Waals surface area contributed by atoms with Gasteiger partial charge in [0.15, 0.2) is 0 Å². The number of amides is 1. The average Bonchev–Trinajstić information content (AvgIpc) is 3.15. The second-order valence-electron chi connectivity index (χ2n) is 7.90. The van der Waals surface area contributed by atoms with E-state index >= 15 is 0 Å². The number of benzene rings is 3. The topological polar surface area (TPSA) is 75.6 Å². The second-order valence-corrected chi connectivity index (χ2v) is 7.90. The molecule has 1 amide bonds. The summed E-state index contributed by atoms with van der Waals surface area (Å²) in [5, 5.41) is 11.4. The number of alkyl carbamates (subject to hydrolysis) is 1. The SMILES string of the molecule is O=C(O)C/C=C(/F)[C@H](Cc1ccccc1)NC(=O)OCC1c2ccccc2-c2ccccc21. The van der Waals surface area contributed by atoms with Gasteiger partial charge in [0, 0.05) is 5.92 Å². The number of hydrogen-bond donors (Lipinski definition) is 2. The van der Waals surface area contributed by atoms with Crippen molar-refractivity contribution >= 4 is 12.1 Å². The zero-order chi connectivity index (χ0) is 23.2. The van der Waals surface area contributed by atoms with Crippen LogP contribution in [0.4, 0.5) is 9.18 Å². The lowest BCUT2D eigenvalue weighted by Crippen LogP contribution is -2.38. The fraction of sp³-hybridized carbons (Fsp3) is 0.185. The molecule has 0 fully saturated rings. The molecule has 5 nitrogen and oxygen atoms in total. The van der Waals surface area contributed by atoms with Crippen molar-refractivity contribution in [2.45, 2.75) is 24.8 Å². The van der Waals surface area contributed by atoms with Gasteiger partial charge in [-0.25, -0.2) is 9.18 Å². The third kappa shape index (κ3) is 5.29. The molecule has 0 radical (unpaired) electrons. The Morgan fingerprint density at radius 1 is 0.939 bits per heavy atom. The van der Waals surface area contributed by atoms with Crippen molar-refractivity contribution in [1.82, 2.24) is 5.32 Å². The third-order valence-corrected chi connectivity index (χ3v) is 5.72. The number of carbonyl (C=O) groups excluding carboxylic acids is 1.